The molecule has 0 aromatic rings. The van der Waals surface area contributed by atoms with Crippen LogP contribution in [0, 0.1) is 11.3 Å². The van der Waals surface area contributed by atoms with Gasteiger partial charge in [0.15, 0.2) is 0 Å². The SMILES string of the molecule is CCCC1CCN(C(=O)N2CCC(C)(C(=O)O)CC2)CC1. The maximum Gasteiger partial charge on any atom is 0.319 e. The molecule has 2 aliphatic heterocycles. The van der Waals surface area contributed by atoms with Gasteiger partial charge in [-0.2, -0.15) is 0 Å². The molecule has 0 unspecified atom stereocenters. The van der Waals surface area contributed by atoms with Gasteiger partial charge in [-0.25, -0.2) is 4.79 Å². The van der Waals surface area contributed by atoms with E-state index >= 15 is 0 Å². The summed E-state index contributed by atoms with van der Waals surface area (Å²) in [4.78, 5) is 27.5. The van der Waals surface area contributed by atoms with Crippen molar-refractivity contribution in [3.05, 3.63) is 0 Å². The molecule has 2 rings (SSSR count). The number of carbonyl (C=O) groups is 2. The van der Waals surface area contributed by atoms with Gasteiger partial charge in [-0.1, -0.05) is 19.8 Å². The largest absolute Gasteiger partial charge is 0.481 e. The van der Waals surface area contributed by atoms with Crippen LogP contribution in [-0.4, -0.2) is 53.1 Å². The van der Waals surface area contributed by atoms with Crippen molar-refractivity contribution >= 4 is 12.0 Å². The van der Waals surface area contributed by atoms with E-state index in [0.29, 0.717) is 25.9 Å². The number of piperidine rings is 2. The maximum atomic E-state index is 12.5. The predicted molar refractivity (Wildman–Crippen MR) is 81.2 cm³/mol. The van der Waals surface area contributed by atoms with Crippen molar-refractivity contribution in [2.45, 2.75) is 52.4 Å². The molecule has 2 heterocycles. The molecule has 0 aliphatic carbocycles. The van der Waals surface area contributed by atoms with E-state index in [-0.39, 0.29) is 6.03 Å². The van der Waals surface area contributed by atoms with Crippen LogP contribution in [0.2, 0.25) is 0 Å². The summed E-state index contributed by atoms with van der Waals surface area (Å²) >= 11 is 0. The number of rotatable bonds is 3. The minimum Gasteiger partial charge on any atom is -0.481 e. The molecule has 0 spiro atoms. The smallest absolute Gasteiger partial charge is 0.319 e. The molecule has 120 valence electrons. The summed E-state index contributed by atoms with van der Waals surface area (Å²) in [6, 6.07) is 0.109. The minimum atomic E-state index is -0.741. The summed E-state index contributed by atoms with van der Waals surface area (Å²) in [5, 5.41) is 9.24. The molecule has 1 N–H and O–H groups in total. The van der Waals surface area contributed by atoms with Gasteiger partial charge in [-0.15, -0.1) is 0 Å². The predicted octanol–water partition coefficient (Wildman–Crippen LogP) is 2.81. The van der Waals surface area contributed by atoms with Crippen molar-refractivity contribution in [2.75, 3.05) is 26.2 Å². The molecule has 0 aromatic carbocycles. The van der Waals surface area contributed by atoms with Gasteiger partial charge in [-0.3, -0.25) is 4.79 Å². The van der Waals surface area contributed by atoms with E-state index in [1.54, 1.807) is 6.92 Å². The van der Waals surface area contributed by atoms with E-state index in [1.807, 2.05) is 9.80 Å². The molecule has 5 nitrogen and oxygen atoms in total. The third-order valence-electron chi connectivity index (χ3n) is 5.24. The maximum absolute atomic E-state index is 12.5. The highest BCUT2D eigenvalue weighted by atomic mass is 16.4. The second-order valence-corrected chi connectivity index (χ2v) is 6.85. The monoisotopic (exact) mass is 296 g/mol. The average Bonchev–Trinajstić information content (AvgIpc) is 2.48. The van der Waals surface area contributed by atoms with Gasteiger partial charge in [-0.05, 0) is 38.5 Å². The first-order chi connectivity index (χ1) is 9.96. The van der Waals surface area contributed by atoms with Crippen molar-refractivity contribution in [1.82, 2.24) is 9.80 Å². The van der Waals surface area contributed by atoms with E-state index in [0.717, 1.165) is 31.8 Å². The highest BCUT2D eigenvalue weighted by molar-refractivity contribution is 5.77. The number of urea groups is 1. The molecule has 0 radical (unpaired) electrons. The molecule has 2 saturated heterocycles. The highest BCUT2D eigenvalue weighted by Crippen LogP contribution is 2.32. The zero-order valence-corrected chi connectivity index (χ0v) is 13.3. The first-order valence-corrected chi connectivity index (χ1v) is 8.23. The van der Waals surface area contributed by atoms with Crippen LogP contribution in [0.1, 0.15) is 52.4 Å². The molecular weight excluding hydrogens is 268 g/mol. The topological polar surface area (TPSA) is 60.9 Å². The zero-order chi connectivity index (χ0) is 15.5. The van der Waals surface area contributed by atoms with Gasteiger partial charge in [0.1, 0.15) is 0 Å². The van der Waals surface area contributed by atoms with Crippen molar-refractivity contribution in [1.29, 1.82) is 0 Å². The van der Waals surface area contributed by atoms with Gasteiger partial charge >= 0.3 is 12.0 Å². The standard InChI is InChI=1S/C16H28N2O3/c1-3-4-13-5-9-17(10-6-13)15(21)18-11-7-16(2,8-12-18)14(19)20/h13H,3-12H2,1-2H3,(H,19,20). The van der Waals surface area contributed by atoms with E-state index in [9.17, 15) is 14.7 Å². The fourth-order valence-electron chi connectivity index (χ4n) is 3.43. The first-order valence-electron chi connectivity index (χ1n) is 8.23. The van der Waals surface area contributed by atoms with E-state index in [2.05, 4.69) is 6.92 Å². The summed E-state index contributed by atoms with van der Waals surface area (Å²) in [5.74, 6) is 0.0330. The minimum absolute atomic E-state index is 0.109. The quantitative estimate of drug-likeness (QED) is 0.871. The van der Waals surface area contributed by atoms with Crippen molar-refractivity contribution in [3.63, 3.8) is 0 Å². The molecule has 2 aliphatic rings. The lowest BCUT2D eigenvalue weighted by Gasteiger charge is -2.40. The Hall–Kier alpha value is -1.26. The lowest BCUT2D eigenvalue weighted by atomic mass is 9.80. The van der Waals surface area contributed by atoms with Crippen LogP contribution >= 0.6 is 0 Å². The second kappa shape index (κ2) is 6.67. The fourth-order valence-corrected chi connectivity index (χ4v) is 3.43. The molecule has 0 atom stereocenters. The molecule has 21 heavy (non-hydrogen) atoms. The van der Waals surface area contributed by atoms with Crippen molar-refractivity contribution in [3.8, 4) is 0 Å². The lowest BCUT2D eigenvalue weighted by molar-refractivity contribution is -0.150. The summed E-state index contributed by atoms with van der Waals surface area (Å²) in [6.45, 7) is 6.84. The number of nitrogens with zero attached hydrogens (tertiary/aromatic N) is 2. The van der Waals surface area contributed by atoms with Gasteiger partial charge in [0.05, 0.1) is 5.41 Å². The highest BCUT2D eigenvalue weighted by Gasteiger charge is 2.39. The number of carbonyl (C=O) groups excluding carboxylic acids is 1. The number of hydrogen-bond donors (Lipinski definition) is 1. The Labute approximate surface area is 127 Å². The lowest BCUT2D eigenvalue weighted by Crippen LogP contribution is -2.51. The van der Waals surface area contributed by atoms with Gasteiger partial charge < -0.3 is 14.9 Å². The third kappa shape index (κ3) is 3.69. The van der Waals surface area contributed by atoms with Gasteiger partial charge in [0, 0.05) is 26.2 Å². The van der Waals surface area contributed by atoms with E-state index in [4.69, 9.17) is 0 Å². The molecule has 5 heteroatoms. The van der Waals surface area contributed by atoms with Crippen LogP contribution in [0.3, 0.4) is 0 Å². The van der Waals surface area contributed by atoms with Crippen LogP contribution in [0.5, 0.6) is 0 Å². The molecule has 0 aromatic heterocycles. The summed E-state index contributed by atoms with van der Waals surface area (Å²) in [6.07, 6.45) is 5.82. The molecule has 0 bridgehead atoms. The number of likely N-dealkylation sites (tertiary alicyclic amines) is 2. The summed E-state index contributed by atoms with van der Waals surface area (Å²) in [7, 11) is 0. The molecule has 0 saturated carbocycles. The number of carboxylic acid groups (broad SMARTS) is 1. The summed E-state index contributed by atoms with van der Waals surface area (Å²) in [5.41, 5.74) is -0.662. The van der Waals surface area contributed by atoms with E-state index < -0.39 is 11.4 Å². The first kappa shape index (κ1) is 16.1. The third-order valence-corrected chi connectivity index (χ3v) is 5.24. The fraction of sp³-hybridized carbons (Fsp3) is 0.875. The Bertz CT molecular complexity index is 381. The Morgan fingerprint density at radius 3 is 2.10 bits per heavy atom. The van der Waals surface area contributed by atoms with Gasteiger partial charge in [0.2, 0.25) is 0 Å². The zero-order valence-electron chi connectivity index (χ0n) is 13.3. The Kier molecular flexibility index (Phi) is 5.12. The Morgan fingerprint density at radius 1 is 1.10 bits per heavy atom. The molecule has 2 amide bonds. The van der Waals surface area contributed by atoms with Gasteiger partial charge in [0.25, 0.3) is 0 Å². The van der Waals surface area contributed by atoms with Crippen molar-refractivity contribution < 1.29 is 14.7 Å². The van der Waals surface area contributed by atoms with Crippen LogP contribution < -0.4 is 0 Å². The Balaban J connectivity index is 1.82. The number of amides is 2. The number of aliphatic carboxylic acids is 1. The normalized spacial score (nSPS) is 23.1. The molecular formula is C16H28N2O3. The summed E-state index contributed by atoms with van der Waals surface area (Å²) < 4.78 is 0. The number of carboxylic acids is 1. The molecule has 2 fully saturated rings. The van der Waals surface area contributed by atoms with E-state index in [1.165, 1.54) is 12.8 Å². The van der Waals surface area contributed by atoms with Crippen molar-refractivity contribution in [2.24, 2.45) is 11.3 Å². The van der Waals surface area contributed by atoms with Crippen LogP contribution in [0.25, 0.3) is 0 Å². The second-order valence-electron chi connectivity index (χ2n) is 6.85. The average molecular weight is 296 g/mol. The number of hydrogen-bond acceptors (Lipinski definition) is 2. The Morgan fingerprint density at radius 2 is 1.62 bits per heavy atom. The van der Waals surface area contributed by atoms with Crippen LogP contribution in [0.4, 0.5) is 4.79 Å². The van der Waals surface area contributed by atoms with Crippen LogP contribution in [-0.2, 0) is 4.79 Å². The van der Waals surface area contributed by atoms with Crippen LogP contribution in [0.15, 0.2) is 0 Å².